The third kappa shape index (κ3) is 3.29. The van der Waals surface area contributed by atoms with Gasteiger partial charge in [-0.3, -0.25) is 0 Å². The lowest BCUT2D eigenvalue weighted by atomic mass is 10.1. The Labute approximate surface area is 110 Å². The van der Waals surface area contributed by atoms with E-state index >= 15 is 0 Å². The molecule has 0 aliphatic rings. The van der Waals surface area contributed by atoms with Gasteiger partial charge >= 0.3 is 0 Å². The van der Waals surface area contributed by atoms with Gasteiger partial charge in [0.25, 0.3) is 5.89 Å². The lowest BCUT2D eigenvalue weighted by Crippen LogP contribution is -2.02. The van der Waals surface area contributed by atoms with Crippen molar-refractivity contribution in [3.05, 3.63) is 41.3 Å². The Bertz CT molecular complexity index is 555. The monoisotopic (exact) mass is 266 g/mol. The SMILES string of the molecule is CCc1noc(COc2cc(F)ccc2[C@H](C)O)n1. The van der Waals surface area contributed by atoms with Crippen LogP contribution >= 0.6 is 0 Å². The van der Waals surface area contributed by atoms with Crippen LogP contribution in [0.3, 0.4) is 0 Å². The molecule has 5 nitrogen and oxygen atoms in total. The van der Waals surface area contributed by atoms with E-state index in [9.17, 15) is 9.50 Å². The summed E-state index contributed by atoms with van der Waals surface area (Å²) in [5.74, 6) is 0.747. The molecule has 102 valence electrons. The van der Waals surface area contributed by atoms with Gasteiger partial charge in [0.15, 0.2) is 12.4 Å². The molecule has 0 unspecified atom stereocenters. The molecule has 1 atom stereocenters. The van der Waals surface area contributed by atoms with E-state index in [0.29, 0.717) is 23.7 Å². The summed E-state index contributed by atoms with van der Waals surface area (Å²) < 4.78 is 23.6. The smallest absolute Gasteiger partial charge is 0.264 e. The van der Waals surface area contributed by atoms with E-state index in [0.717, 1.165) is 0 Å². The summed E-state index contributed by atoms with van der Waals surface area (Å²) in [6.07, 6.45) is -0.0768. The van der Waals surface area contributed by atoms with Crippen molar-refractivity contribution in [1.82, 2.24) is 10.1 Å². The molecule has 0 aliphatic carbocycles. The molecule has 1 N–H and O–H groups in total. The van der Waals surface area contributed by atoms with E-state index in [1.807, 2.05) is 6.92 Å². The number of aryl methyl sites for hydroxylation is 1. The van der Waals surface area contributed by atoms with Crippen molar-refractivity contribution in [2.45, 2.75) is 33.0 Å². The molecule has 0 saturated carbocycles. The van der Waals surface area contributed by atoms with Crippen molar-refractivity contribution in [2.75, 3.05) is 0 Å². The number of aliphatic hydroxyl groups excluding tert-OH is 1. The van der Waals surface area contributed by atoms with Crippen LogP contribution in [-0.4, -0.2) is 15.2 Å². The number of hydrogen-bond acceptors (Lipinski definition) is 5. The first kappa shape index (κ1) is 13.5. The fourth-order valence-electron chi connectivity index (χ4n) is 1.61. The first-order chi connectivity index (χ1) is 9.10. The molecule has 0 bridgehead atoms. The quantitative estimate of drug-likeness (QED) is 0.900. The molecular formula is C13H15FN2O3. The average molecular weight is 266 g/mol. The molecule has 6 heteroatoms. The maximum atomic E-state index is 13.2. The summed E-state index contributed by atoms with van der Waals surface area (Å²) in [5.41, 5.74) is 0.511. The van der Waals surface area contributed by atoms with E-state index in [1.165, 1.54) is 18.2 Å². The number of aliphatic hydroxyl groups is 1. The summed E-state index contributed by atoms with van der Waals surface area (Å²) >= 11 is 0. The Morgan fingerprint density at radius 2 is 2.26 bits per heavy atom. The second-order valence-electron chi connectivity index (χ2n) is 4.10. The van der Waals surface area contributed by atoms with Gasteiger partial charge < -0.3 is 14.4 Å². The molecule has 0 fully saturated rings. The minimum absolute atomic E-state index is 0.0379. The summed E-state index contributed by atoms with van der Waals surface area (Å²) in [6, 6.07) is 3.98. The third-order valence-corrected chi connectivity index (χ3v) is 2.60. The predicted octanol–water partition coefficient (Wildman–Crippen LogP) is 2.40. The molecule has 0 saturated heterocycles. The number of hydrogen-bond donors (Lipinski definition) is 1. The van der Waals surface area contributed by atoms with Gasteiger partial charge in [-0.05, 0) is 19.1 Å². The highest BCUT2D eigenvalue weighted by Crippen LogP contribution is 2.26. The second-order valence-corrected chi connectivity index (χ2v) is 4.10. The highest BCUT2D eigenvalue weighted by molar-refractivity contribution is 5.35. The maximum Gasteiger partial charge on any atom is 0.264 e. The standard InChI is InChI=1S/C13H15FN2O3/c1-3-12-15-13(19-16-12)7-18-11-6-9(14)4-5-10(11)8(2)17/h4-6,8,17H,3,7H2,1-2H3/t8-/m0/s1. The van der Waals surface area contributed by atoms with Gasteiger partial charge in [0.2, 0.25) is 0 Å². The highest BCUT2D eigenvalue weighted by Gasteiger charge is 2.12. The molecule has 1 aromatic heterocycles. The summed E-state index contributed by atoms with van der Waals surface area (Å²) in [4.78, 5) is 4.08. The minimum atomic E-state index is -0.746. The average Bonchev–Trinajstić information content (AvgIpc) is 2.84. The first-order valence-electron chi connectivity index (χ1n) is 6.02. The Balaban J connectivity index is 2.12. The predicted molar refractivity (Wildman–Crippen MR) is 65.0 cm³/mol. The van der Waals surface area contributed by atoms with Gasteiger partial charge in [-0.2, -0.15) is 4.98 Å². The van der Waals surface area contributed by atoms with Gasteiger partial charge in [-0.25, -0.2) is 4.39 Å². The Morgan fingerprint density at radius 1 is 1.47 bits per heavy atom. The van der Waals surface area contributed by atoms with Crippen molar-refractivity contribution in [1.29, 1.82) is 0 Å². The zero-order valence-corrected chi connectivity index (χ0v) is 10.8. The lowest BCUT2D eigenvalue weighted by Gasteiger charge is -2.12. The first-order valence-corrected chi connectivity index (χ1v) is 6.02. The second kappa shape index (κ2) is 5.79. The normalized spacial score (nSPS) is 12.4. The number of ether oxygens (including phenoxy) is 1. The Kier molecular flexibility index (Phi) is 4.11. The van der Waals surface area contributed by atoms with Gasteiger partial charge in [-0.15, -0.1) is 0 Å². The van der Waals surface area contributed by atoms with E-state index in [2.05, 4.69) is 10.1 Å². The van der Waals surface area contributed by atoms with Crippen LogP contribution in [0.15, 0.2) is 22.7 Å². The van der Waals surface area contributed by atoms with Crippen LogP contribution in [0.25, 0.3) is 0 Å². The molecule has 2 aromatic rings. The van der Waals surface area contributed by atoms with Crippen LogP contribution in [-0.2, 0) is 13.0 Å². The molecule has 2 rings (SSSR count). The fourth-order valence-corrected chi connectivity index (χ4v) is 1.61. The van der Waals surface area contributed by atoms with Crippen LogP contribution in [0.5, 0.6) is 5.75 Å². The van der Waals surface area contributed by atoms with Crippen LogP contribution < -0.4 is 4.74 Å². The van der Waals surface area contributed by atoms with Crippen molar-refractivity contribution in [3.63, 3.8) is 0 Å². The topological polar surface area (TPSA) is 68.4 Å². The Morgan fingerprint density at radius 3 is 2.89 bits per heavy atom. The van der Waals surface area contributed by atoms with E-state index < -0.39 is 11.9 Å². The number of halogens is 1. The van der Waals surface area contributed by atoms with Crippen LogP contribution in [0.4, 0.5) is 4.39 Å². The third-order valence-electron chi connectivity index (χ3n) is 2.60. The zero-order chi connectivity index (χ0) is 13.8. The lowest BCUT2D eigenvalue weighted by molar-refractivity contribution is 0.185. The molecule has 0 aliphatic heterocycles. The van der Waals surface area contributed by atoms with Gasteiger partial charge in [0.05, 0.1) is 6.10 Å². The molecular weight excluding hydrogens is 251 g/mol. The van der Waals surface area contributed by atoms with Crippen LogP contribution in [0, 0.1) is 5.82 Å². The van der Waals surface area contributed by atoms with Crippen LogP contribution in [0.2, 0.25) is 0 Å². The van der Waals surface area contributed by atoms with E-state index in [-0.39, 0.29) is 12.4 Å². The Hall–Kier alpha value is -1.95. The van der Waals surface area contributed by atoms with Crippen molar-refractivity contribution < 1.29 is 18.8 Å². The highest BCUT2D eigenvalue weighted by atomic mass is 19.1. The van der Waals surface area contributed by atoms with Gasteiger partial charge in [0.1, 0.15) is 11.6 Å². The molecule has 1 aromatic carbocycles. The van der Waals surface area contributed by atoms with Crippen molar-refractivity contribution in [3.8, 4) is 5.75 Å². The molecule has 0 spiro atoms. The largest absolute Gasteiger partial charge is 0.483 e. The fraction of sp³-hybridized carbons (Fsp3) is 0.385. The summed E-state index contributed by atoms with van der Waals surface area (Å²) in [7, 11) is 0. The van der Waals surface area contributed by atoms with Crippen molar-refractivity contribution >= 4 is 0 Å². The van der Waals surface area contributed by atoms with Crippen LogP contribution in [0.1, 0.15) is 37.2 Å². The van der Waals surface area contributed by atoms with Gasteiger partial charge in [-0.1, -0.05) is 12.1 Å². The zero-order valence-electron chi connectivity index (χ0n) is 10.8. The number of aromatic nitrogens is 2. The molecule has 1 heterocycles. The number of benzene rings is 1. The van der Waals surface area contributed by atoms with E-state index in [1.54, 1.807) is 6.92 Å². The number of rotatable bonds is 5. The molecule has 0 radical (unpaired) electrons. The molecule has 19 heavy (non-hydrogen) atoms. The van der Waals surface area contributed by atoms with Gasteiger partial charge in [0, 0.05) is 18.1 Å². The summed E-state index contributed by atoms with van der Waals surface area (Å²) in [5, 5.41) is 13.3. The summed E-state index contributed by atoms with van der Waals surface area (Å²) in [6.45, 7) is 3.53. The maximum absolute atomic E-state index is 13.2. The van der Waals surface area contributed by atoms with Crippen molar-refractivity contribution in [2.24, 2.45) is 0 Å². The van der Waals surface area contributed by atoms with E-state index in [4.69, 9.17) is 9.26 Å². The molecule has 0 amide bonds. The minimum Gasteiger partial charge on any atom is -0.483 e. The number of nitrogens with zero attached hydrogens (tertiary/aromatic N) is 2.